The van der Waals surface area contributed by atoms with Crippen molar-refractivity contribution in [1.29, 1.82) is 0 Å². The van der Waals surface area contributed by atoms with Gasteiger partial charge in [0.05, 0.1) is 11.1 Å². The van der Waals surface area contributed by atoms with Crippen molar-refractivity contribution in [2.24, 2.45) is 0 Å². The first-order valence-electron chi connectivity index (χ1n) is 6.01. The maximum Gasteiger partial charge on any atom is 0.251 e. The minimum absolute atomic E-state index is 0.0950. The molecule has 18 heavy (non-hydrogen) atoms. The molecule has 1 heterocycles. The van der Waals surface area contributed by atoms with Gasteiger partial charge < -0.3 is 10.1 Å². The Kier molecular flexibility index (Phi) is 5.03. The Morgan fingerprint density at radius 2 is 2.39 bits per heavy atom. The Morgan fingerprint density at radius 3 is 3.06 bits per heavy atom. The zero-order valence-electron chi connectivity index (χ0n) is 9.92. The van der Waals surface area contributed by atoms with Gasteiger partial charge in [-0.05, 0) is 53.4 Å². The zero-order chi connectivity index (χ0) is 13.0. The Morgan fingerprint density at radius 1 is 1.56 bits per heavy atom. The quantitative estimate of drug-likeness (QED) is 0.917. The summed E-state index contributed by atoms with van der Waals surface area (Å²) in [6.07, 6.45) is 3.40. The van der Waals surface area contributed by atoms with Crippen molar-refractivity contribution in [1.82, 2.24) is 5.32 Å². The number of halogens is 2. The second-order valence-corrected chi connectivity index (χ2v) is 5.57. The summed E-state index contributed by atoms with van der Waals surface area (Å²) >= 11 is 9.24. The van der Waals surface area contributed by atoms with E-state index >= 15 is 0 Å². The Balaban J connectivity index is 1.81. The number of nitrogens with one attached hydrogen (secondary N) is 1. The predicted molar refractivity (Wildman–Crippen MR) is 75.1 cm³/mol. The lowest BCUT2D eigenvalue weighted by molar-refractivity contribution is 0.0907. The molecule has 5 heteroatoms. The van der Waals surface area contributed by atoms with Gasteiger partial charge in [-0.15, -0.1) is 0 Å². The second-order valence-electron chi connectivity index (χ2n) is 4.31. The number of carbonyl (C=O) groups is 1. The van der Waals surface area contributed by atoms with Gasteiger partial charge >= 0.3 is 0 Å². The van der Waals surface area contributed by atoms with Crippen LogP contribution in [0.4, 0.5) is 0 Å². The molecule has 1 amide bonds. The van der Waals surface area contributed by atoms with Gasteiger partial charge in [0.2, 0.25) is 0 Å². The van der Waals surface area contributed by atoms with Gasteiger partial charge in [0.1, 0.15) is 0 Å². The van der Waals surface area contributed by atoms with Crippen molar-refractivity contribution in [2.75, 3.05) is 13.2 Å². The Labute approximate surface area is 120 Å². The Hall–Kier alpha value is -0.580. The molecule has 0 aromatic heterocycles. The van der Waals surface area contributed by atoms with E-state index in [1.165, 1.54) is 0 Å². The van der Waals surface area contributed by atoms with Crippen molar-refractivity contribution in [3.05, 3.63) is 33.3 Å². The van der Waals surface area contributed by atoms with Crippen molar-refractivity contribution < 1.29 is 9.53 Å². The minimum atomic E-state index is -0.0950. The normalized spacial score (nSPS) is 18.9. The van der Waals surface area contributed by atoms with Crippen LogP contribution in [0.2, 0.25) is 5.02 Å². The Bertz CT molecular complexity index is 433. The first kappa shape index (κ1) is 13.8. The molecule has 2 rings (SSSR count). The zero-order valence-corrected chi connectivity index (χ0v) is 12.3. The molecule has 0 radical (unpaired) electrons. The summed E-state index contributed by atoms with van der Waals surface area (Å²) < 4.78 is 6.29. The summed E-state index contributed by atoms with van der Waals surface area (Å²) in [6.45, 7) is 1.48. The highest BCUT2D eigenvalue weighted by molar-refractivity contribution is 9.10. The summed E-state index contributed by atoms with van der Waals surface area (Å²) in [7, 11) is 0. The molecule has 1 aliphatic rings. The average Bonchev–Trinajstić information content (AvgIpc) is 2.85. The van der Waals surface area contributed by atoms with Crippen LogP contribution in [-0.2, 0) is 4.74 Å². The summed E-state index contributed by atoms with van der Waals surface area (Å²) in [5.41, 5.74) is 0.579. The first-order valence-corrected chi connectivity index (χ1v) is 7.19. The molecule has 1 aromatic rings. The van der Waals surface area contributed by atoms with E-state index in [2.05, 4.69) is 21.2 Å². The minimum Gasteiger partial charge on any atom is -0.378 e. The highest BCUT2D eigenvalue weighted by Gasteiger charge is 2.15. The van der Waals surface area contributed by atoms with Crippen LogP contribution in [0.15, 0.2) is 22.7 Å². The molecular weight excluding hydrogens is 318 g/mol. The van der Waals surface area contributed by atoms with E-state index in [4.69, 9.17) is 16.3 Å². The van der Waals surface area contributed by atoms with Gasteiger partial charge in [0, 0.05) is 23.2 Å². The highest BCUT2D eigenvalue weighted by Crippen LogP contribution is 2.23. The van der Waals surface area contributed by atoms with E-state index in [0.717, 1.165) is 30.3 Å². The van der Waals surface area contributed by atoms with Crippen LogP contribution in [-0.4, -0.2) is 25.2 Å². The van der Waals surface area contributed by atoms with Gasteiger partial charge in [-0.1, -0.05) is 11.6 Å². The second kappa shape index (κ2) is 6.55. The van der Waals surface area contributed by atoms with Gasteiger partial charge in [-0.2, -0.15) is 0 Å². The van der Waals surface area contributed by atoms with Crippen LogP contribution >= 0.6 is 27.5 Å². The number of amides is 1. The summed E-state index contributed by atoms with van der Waals surface area (Å²) in [5.74, 6) is -0.0950. The standard InChI is InChI=1S/C13H15BrClNO2/c14-11-4-3-9(8-12(11)15)13(17)16-6-5-10-2-1-7-18-10/h3-4,8,10H,1-2,5-7H2,(H,16,17). The number of hydrogen-bond acceptors (Lipinski definition) is 2. The average molecular weight is 333 g/mol. The lowest BCUT2D eigenvalue weighted by Crippen LogP contribution is -2.27. The van der Waals surface area contributed by atoms with E-state index in [9.17, 15) is 4.79 Å². The molecule has 1 N–H and O–H groups in total. The van der Waals surface area contributed by atoms with E-state index < -0.39 is 0 Å². The molecule has 0 saturated carbocycles. The molecule has 0 aliphatic carbocycles. The molecule has 3 nitrogen and oxygen atoms in total. The third-order valence-corrected chi connectivity index (χ3v) is 4.19. The fourth-order valence-corrected chi connectivity index (χ4v) is 2.39. The SMILES string of the molecule is O=C(NCCC1CCCO1)c1ccc(Br)c(Cl)c1. The van der Waals surface area contributed by atoms with Crippen LogP contribution < -0.4 is 5.32 Å². The van der Waals surface area contributed by atoms with Gasteiger partial charge in [-0.25, -0.2) is 0 Å². The molecule has 0 spiro atoms. The number of benzene rings is 1. The topological polar surface area (TPSA) is 38.3 Å². The lowest BCUT2D eigenvalue weighted by Gasteiger charge is -2.10. The van der Waals surface area contributed by atoms with Gasteiger partial charge in [-0.3, -0.25) is 4.79 Å². The third kappa shape index (κ3) is 3.70. The van der Waals surface area contributed by atoms with Crippen LogP contribution in [0.25, 0.3) is 0 Å². The van der Waals surface area contributed by atoms with E-state index in [1.54, 1.807) is 18.2 Å². The first-order chi connectivity index (χ1) is 8.66. The van der Waals surface area contributed by atoms with E-state index in [0.29, 0.717) is 23.2 Å². The summed E-state index contributed by atoms with van der Waals surface area (Å²) in [5, 5.41) is 3.42. The fraction of sp³-hybridized carbons (Fsp3) is 0.462. The largest absolute Gasteiger partial charge is 0.378 e. The number of rotatable bonds is 4. The van der Waals surface area contributed by atoms with Crippen LogP contribution in [0.5, 0.6) is 0 Å². The summed E-state index contributed by atoms with van der Waals surface area (Å²) in [6, 6.07) is 5.18. The molecule has 0 bridgehead atoms. The number of ether oxygens (including phenoxy) is 1. The monoisotopic (exact) mass is 331 g/mol. The van der Waals surface area contributed by atoms with E-state index in [-0.39, 0.29) is 5.91 Å². The maximum atomic E-state index is 11.9. The molecule has 1 aliphatic heterocycles. The van der Waals surface area contributed by atoms with Gasteiger partial charge in [0.25, 0.3) is 5.91 Å². The molecule has 1 saturated heterocycles. The molecule has 1 aromatic carbocycles. The number of hydrogen-bond donors (Lipinski definition) is 1. The van der Waals surface area contributed by atoms with Gasteiger partial charge in [0.15, 0.2) is 0 Å². The van der Waals surface area contributed by atoms with Crippen molar-refractivity contribution in [3.63, 3.8) is 0 Å². The molecule has 1 unspecified atom stereocenters. The molecule has 98 valence electrons. The van der Waals surface area contributed by atoms with E-state index in [1.807, 2.05) is 0 Å². The van der Waals surface area contributed by atoms with Crippen LogP contribution in [0.1, 0.15) is 29.6 Å². The number of carbonyl (C=O) groups excluding carboxylic acids is 1. The van der Waals surface area contributed by atoms with Crippen molar-refractivity contribution >= 4 is 33.4 Å². The van der Waals surface area contributed by atoms with Crippen molar-refractivity contribution in [3.8, 4) is 0 Å². The smallest absolute Gasteiger partial charge is 0.251 e. The van der Waals surface area contributed by atoms with Crippen molar-refractivity contribution in [2.45, 2.75) is 25.4 Å². The molecule has 1 atom stereocenters. The predicted octanol–water partition coefficient (Wildman–Crippen LogP) is 3.40. The molecule has 1 fully saturated rings. The third-order valence-electron chi connectivity index (χ3n) is 2.96. The lowest BCUT2D eigenvalue weighted by atomic mass is 10.1. The molecular formula is C13H15BrClNO2. The fourth-order valence-electron chi connectivity index (χ4n) is 1.96. The summed E-state index contributed by atoms with van der Waals surface area (Å²) in [4.78, 5) is 11.9. The maximum absolute atomic E-state index is 11.9. The highest BCUT2D eigenvalue weighted by atomic mass is 79.9. The van der Waals surface area contributed by atoms with Crippen LogP contribution in [0.3, 0.4) is 0 Å². The van der Waals surface area contributed by atoms with Crippen LogP contribution in [0, 0.1) is 0 Å².